The van der Waals surface area contributed by atoms with Crippen LogP contribution in [-0.2, 0) is 21.2 Å². The number of sulfone groups is 1. The topological polar surface area (TPSA) is 80.2 Å². The Morgan fingerprint density at radius 1 is 1.06 bits per heavy atom. The predicted molar refractivity (Wildman–Crippen MR) is 128 cm³/mol. The SMILES string of the molecule is Cc1c(Cl)ccc2sc(N(Cc3ccccn3)C(=O)CCS(=O)(=O)c3ccccc3)nc12. The van der Waals surface area contributed by atoms with E-state index in [2.05, 4.69) is 9.97 Å². The van der Waals surface area contributed by atoms with Gasteiger partial charge < -0.3 is 0 Å². The molecule has 0 atom stereocenters. The molecule has 0 saturated heterocycles. The normalized spacial score (nSPS) is 11.6. The van der Waals surface area contributed by atoms with E-state index in [1.807, 2.05) is 25.1 Å². The minimum absolute atomic E-state index is 0.167. The Bertz CT molecular complexity index is 1360. The summed E-state index contributed by atoms with van der Waals surface area (Å²) in [5.41, 5.74) is 2.25. The lowest BCUT2D eigenvalue weighted by Gasteiger charge is -2.19. The van der Waals surface area contributed by atoms with Crippen LogP contribution < -0.4 is 4.90 Å². The molecule has 164 valence electrons. The molecule has 9 heteroatoms. The molecule has 0 unspecified atom stereocenters. The zero-order valence-electron chi connectivity index (χ0n) is 17.2. The van der Waals surface area contributed by atoms with Gasteiger partial charge in [-0.15, -0.1) is 0 Å². The number of rotatable bonds is 7. The van der Waals surface area contributed by atoms with Gasteiger partial charge in [-0.05, 0) is 48.9 Å². The minimum Gasteiger partial charge on any atom is -0.282 e. The number of aryl methyl sites for hydroxylation is 1. The number of amides is 1. The Balaban J connectivity index is 1.64. The van der Waals surface area contributed by atoms with Gasteiger partial charge in [0.1, 0.15) is 0 Å². The number of nitrogens with zero attached hydrogens (tertiary/aromatic N) is 3. The van der Waals surface area contributed by atoms with Crippen molar-refractivity contribution in [2.45, 2.75) is 24.8 Å². The Morgan fingerprint density at radius 2 is 1.81 bits per heavy atom. The molecule has 0 aliphatic carbocycles. The van der Waals surface area contributed by atoms with E-state index >= 15 is 0 Å². The van der Waals surface area contributed by atoms with Gasteiger partial charge in [0, 0.05) is 17.6 Å². The number of halogens is 1. The summed E-state index contributed by atoms with van der Waals surface area (Å²) in [7, 11) is -3.58. The van der Waals surface area contributed by atoms with Crippen LogP contribution in [0.2, 0.25) is 5.02 Å². The van der Waals surface area contributed by atoms with E-state index in [4.69, 9.17) is 11.6 Å². The third-order valence-electron chi connectivity index (χ3n) is 5.00. The molecule has 0 fully saturated rings. The molecule has 2 aromatic heterocycles. The lowest BCUT2D eigenvalue weighted by atomic mass is 10.2. The molecule has 0 saturated carbocycles. The molecule has 0 N–H and O–H groups in total. The van der Waals surface area contributed by atoms with Crippen molar-refractivity contribution in [2.24, 2.45) is 0 Å². The number of carbonyl (C=O) groups excluding carboxylic acids is 1. The number of hydrogen-bond donors (Lipinski definition) is 0. The van der Waals surface area contributed by atoms with Crippen molar-refractivity contribution in [3.63, 3.8) is 0 Å². The minimum atomic E-state index is -3.58. The maximum absolute atomic E-state index is 13.2. The zero-order valence-corrected chi connectivity index (χ0v) is 19.6. The number of fused-ring (bicyclic) bond motifs is 1. The summed E-state index contributed by atoms with van der Waals surface area (Å²) in [5, 5.41) is 1.09. The van der Waals surface area contributed by atoms with E-state index in [1.54, 1.807) is 36.5 Å². The molecule has 2 aromatic carbocycles. The number of anilines is 1. The molecular weight excluding hydrogens is 466 g/mol. The van der Waals surface area contributed by atoms with Gasteiger partial charge in [0.25, 0.3) is 0 Å². The molecule has 1 amide bonds. The van der Waals surface area contributed by atoms with Gasteiger partial charge >= 0.3 is 0 Å². The number of carbonyl (C=O) groups is 1. The van der Waals surface area contributed by atoms with E-state index in [0.29, 0.717) is 15.8 Å². The molecule has 32 heavy (non-hydrogen) atoms. The predicted octanol–water partition coefficient (Wildman–Crippen LogP) is 5.05. The maximum atomic E-state index is 13.2. The van der Waals surface area contributed by atoms with Crippen LogP contribution in [0.4, 0.5) is 5.13 Å². The number of benzene rings is 2. The second kappa shape index (κ2) is 9.36. The first kappa shape index (κ1) is 22.4. The summed E-state index contributed by atoms with van der Waals surface area (Å²) < 4.78 is 26.2. The lowest BCUT2D eigenvalue weighted by molar-refractivity contribution is -0.118. The van der Waals surface area contributed by atoms with Crippen LogP contribution in [0.15, 0.2) is 71.8 Å². The monoisotopic (exact) mass is 485 g/mol. The fourth-order valence-electron chi connectivity index (χ4n) is 3.22. The first-order chi connectivity index (χ1) is 15.3. The molecule has 4 aromatic rings. The van der Waals surface area contributed by atoms with Crippen LogP contribution >= 0.6 is 22.9 Å². The summed E-state index contributed by atoms with van der Waals surface area (Å²) in [6, 6.07) is 17.3. The number of aromatic nitrogens is 2. The van der Waals surface area contributed by atoms with Crippen molar-refractivity contribution in [3.05, 3.63) is 83.1 Å². The summed E-state index contributed by atoms with van der Waals surface area (Å²) >= 11 is 7.60. The third kappa shape index (κ3) is 4.82. The molecule has 4 rings (SSSR count). The first-order valence-corrected chi connectivity index (χ1v) is 12.7. The standard InChI is InChI=1S/C23H20ClN3O3S2/c1-16-19(24)10-11-20-22(16)26-23(31-20)27(15-17-7-5-6-13-25-17)21(28)12-14-32(29,30)18-8-3-2-4-9-18/h2-11,13H,12,14-15H2,1H3. The molecule has 0 spiro atoms. The van der Waals surface area contributed by atoms with Crippen LogP contribution in [-0.4, -0.2) is 30.0 Å². The van der Waals surface area contributed by atoms with Gasteiger partial charge in [0.2, 0.25) is 5.91 Å². The second-order valence-corrected chi connectivity index (χ2v) is 10.7. The summed E-state index contributed by atoms with van der Waals surface area (Å²) in [4.78, 5) is 23.9. The fourth-order valence-corrected chi connectivity index (χ4v) is 5.67. The highest BCUT2D eigenvalue weighted by molar-refractivity contribution is 7.91. The van der Waals surface area contributed by atoms with E-state index in [0.717, 1.165) is 15.8 Å². The molecule has 6 nitrogen and oxygen atoms in total. The van der Waals surface area contributed by atoms with Crippen molar-refractivity contribution in [2.75, 3.05) is 10.7 Å². The zero-order chi connectivity index (χ0) is 22.7. The van der Waals surface area contributed by atoms with E-state index in [1.165, 1.54) is 28.4 Å². The molecule has 2 heterocycles. The number of thiazole rings is 1. The Morgan fingerprint density at radius 3 is 2.53 bits per heavy atom. The Kier molecular flexibility index (Phi) is 6.55. The van der Waals surface area contributed by atoms with Gasteiger partial charge in [-0.1, -0.05) is 47.2 Å². The quantitative estimate of drug-likeness (QED) is 0.366. The van der Waals surface area contributed by atoms with Crippen LogP contribution in [0.1, 0.15) is 17.7 Å². The van der Waals surface area contributed by atoms with Crippen LogP contribution in [0.3, 0.4) is 0 Å². The second-order valence-electron chi connectivity index (χ2n) is 7.20. The largest absolute Gasteiger partial charge is 0.282 e. The average Bonchev–Trinajstić information content (AvgIpc) is 3.24. The Hall–Kier alpha value is -2.81. The van der Waals surface area contributed by atoms with Gasteiger partial charge in [-0.3, -0.25) is 14.7 Å². The lowest BCUT2D eigenvalue weighted by Crippen LogP contribution is -2.32. The van der Waals surface area contributed by atoms with Gasteiger partial charge in [0.15, 0.2) is 15.0 Å². The van der Waals surface area contributed by atoms with Crippen molar-refractivity contribution < 1.29 is 13.2 Å². The molecule has 0 aliphatic heterocycles. The van der Waals surface area contributed by atoms with Crippen molar-refractivity contribution >= 4 is 54.0 Å². The smallest absolute Gasteiger partial charge is 0.230 e. The molecular formula is C23H20ClN3O3S2. The molecule has 0 bridgehead atoms. The highest BCUT2D eigenvalue weighted by Gasteiger charge is 2.24. The summed E-state index contributed by atoms with van der Waals surface area (Å²) in [6.07, 6.45) is 1.49. The molecule has 0 radical (unpaired) electrons. The highest BCUT2D eigenvalue weighted by Crippen LogP contribution is 2.34. The Labute approximate surface area is 195 Å². The maximum Gasteiger partial charge on any atom is 0.230 e. The fraction of sp³-hybridized carbons (Fsp3) is 0.174. The third-order valence-corrected chi connectivity index (χ3v) is 8.19. The van der Waals surface area contributed by atoms with Crippen LogP contribution in [0.25, 0.3) is 10.2 Å². The van der Waals surface area contributed by atoms with E-state index in [9.17, 15) is 13.2 Å². The van der Waals surface area contributed by atoms with Gasteiger partial charge in [0.05, 0.1) is 33.1 Å². The van der Waals surface area contributed by atoms with E-state index < -0.39 is 9.84 Å². The van der Waals surface area contributed by atoms with Crippen LogP contribution in [0.5, 0.6) is 0 Å². The van der Waals surface area contributed by atoms with Gasteiger partial charge in [-0.2, -0.15) is 0 Å². The molecule has 0 aliphatic rings. The van der Waals surface area contributed by atoms with Gasteiger partial charge in [-0.25, -0.2) is 13.4 Å². The summed E-state index contributed by atoms with van der Waals surface area (Å²) in [5.74, 6) is -0.623. The number of hydrogen-bond acceptors (Lipinski definition) is 6. The highest BCUT2D eigenvalue weighted by atomic mass is 35.5. The van der Waals surface area contributed by atoms with Crippen molar-refractivity contribution in [1.29, 1.82) is 0 Å². The van der Waals surface area contributed by atoms with Crippen molar-refractivity contribution in [3.8, 4) is 0 Å². The summed E-state index contributed by atoms with van der Waals surface area (Å²) in [6.45, 7) is 2.07. The first-order valence-electron chi connectivity index (χ1n) is 9.89. The number of pyridine rings is 1. The van der Waals surface area contributed by atoms with E-state index in [-0.39, 0.29) is 29.5 Å². The van der Waals surface area contributed by atoms with Crippen molar-refractivity contribution in [1.82, 2.24) is 9.97 Å². The average molecular weight is 486 g/mol. The van der Waals surface area contributed by atoms with Crippen LogP contribution in [0, 0.1) is 6.92 Å².